The Morgan fingerprint density at radius 2 is 0.810 bits per heavy atom. The maximum absolute atomic E-state index is 6.12. The second-order valence-corrected chi connectivity index (χ2v) is 10.8. The van der Waals surface area contributed by atoms with Gasteiger partial charge in [-0.3, -0.25) is 0 Å². The minimum absolute atomic E-state index is 0.670. The third-order valence-electron chi connectivity index (χ3n) is 7.84. The lowest BCUT2D eigenvalue weighted by Gasteiger charge is -2.05. The molecule has 2 heteroatoms. The van der Waals surface area contributed by atoms with Crippen molar-refractivity contribution in [2.45, 2.75) is 39.5 Å². The van der Waals surface area contributed by atoms with E-state index in [1.165, 1.54) is 21.9 Å². The second-order valence-electron chi connectivity index (χ2n) is 10.8. The molecule has 0 aliphatic heterocycles. The van der Waals surface area contributed by atoms with Gasteiger partial charge < -0.3 is 8.83 Å². The van der Waals surface area contributed by atoms with E-state index in [0.29, 0.717) is 11.5 Å². The fourth-order valence-electron chi connectivity index (χ4n) is 5.74. The zero-order chi connectivity index (χ0) is 28.5. The minimum atomic E-state index is 0.670. The van der Waals surface area contributed by atoms with Gasteiger partial charge >= 0.3 is 0 Å². The van der Waals surface area contributed by atoms with Gasteiger partial charge in [0.05, 0.1) is 0 Å². The summed E-state index contributed by atoms with van der Waals surface area (Å²) in [6, 6.07) is 33.8. The highest BCUT2D eigenvalue weighted by molar-refractivity contribution is 6.21. The monoisotopic (exact) mass is 542 g/mol. The third-order valence-corrected chi connectivity index (χ3v) is 7.84. The van der Waals surface area contributed by atoms with Crippen molar-refractivity contribution in [3.8, 4) is 23.7 Å². The van der Waals surface area contributed by atoms with E-state index in [9.17, 15) is 0 Å². The minimum Gasteiger partial charge on any atom is -0.448 e. The van der Waals surface area contributed by atoms with Gasteiger partial charge in [-0.15, -0.1) is 0 Å². The third kappa shape index (κ3) is 4.94. The molecule has 0 amide bonds. The van der Waals surface area contributed by atoms with Crippen LogP contribution in [0.3, 0.4) is 0 Å². The average Bonchev–Trinajstić information content (AvgIpc) is 3.64. The van der Waals surface area contributed by atoms with E-state index in [0.717, 1.165) is 69.5 Å². The molecule has 0 bridgehead atoms. The van der Waals surface area contributed by atoms with Crippen LogP contribution in [0.15, 0.2) is 106 Å². The molecule has 7 aromatic rings. The molecule has 0 spiro atoms. The van der Waals surface area contributed by atoms with Crippen molar-refractivity contribution in [1.82, 2.24) is 0 Å². The Kier molecular flexibility index (Phi) is 6.75. The van der Waals surface area contributed by atoms with Crippen molar-refractivity contribution in [2.24, 2.45) is 0 Å². The van der Waals surface area contributed by atoms with E-state index in [4.69, 9.17) is 8.83 Å². The van der Waals surface area contributed by atoms with Crippen LogP contribution in [0.4, 0.5) is 0 Å². The Morgan fingerprint density at radius 3 is 1.21 bits per heavy atom. The molecular formula is C40H30O2. The molecule has 0 aliphatic rings. The first-order valence-corrected chi connectivity index (χ1v) is 14.7. The molecule has 42 heavy (non-hydrogen) atoms. The smallest absolute Gasteiger partial charge is 0.178 e. The van der Waals surface area contributed by atoms with Gasteiger partial charge in [0, 0.05) is 34.0 Å². The summed E-state index contributed by atoms with van der Waals surface area (Å²) in [5.41, 5.74) is 6.35. The summed E-state index contributed by atoms with van der Waals surface area (Å²) >= 11 is 0. The molecule has 2 nitrogen and oxygen atoms in total. The summed E-state index contributed by atoms with van der Waals surface area (Å²) in [6.07, 6.45) is 4.47. The fraction of sp³-hybridized carbons (Fsp3) is 0.150. The van der Waals surface area contributed by atoms with Gasteiger partial charge in [0.25, 0.3) is 0 Å². The standard InChI is InChI=1S/C40H30O2/c1-3-5-27-7-11-29(12-8-27)15-17-31-25-37-35-19-20-36-34(33(35)21-23-39(37)41-31)22-24-40-38(36)26-32(42-40)18-16-30-13-9-28(6-4-2)10-14-30/h7-14,19-26H,3-6H2,1-2H3. The normalized spacial score (nSPS) is 11.1. The van der Waals surface area contributed by atoms with E-state index < -0.39 is 0 Å². The van der Waals surface area contributed by atoms with E-state index in [2.05, 4.69) is 122 Å². The van der Waals surface area contributed by atoms with Crippen LogP contribution in [0.5, 0.6) is 0 Å². The molecule has 0 radical (unpaired) electrons. The molecule has 2 aromatic heterocycles. The van der Waals surface area contributed by atoms with Crippen molar-refractivity contribution < 1.29 is 8.83 Å². The molecule has 0 saturated carbocycles. The van der Waals surface area contributed by atoms with Gasteiger partial charge in [-0.1, -0.05) is 87.1 Å². The Bertz CT molecular complexity index is 2040. The lowest BCUT2D eigenvalue weighted by Crippen LogP contribution is -1.82. The van der Waals surface area contributed by atoms with Gasteiger partial charge in [0.15, 0.2) is 11.5 Å². The molecule has 0 aliphatic carbocycles. The molecule has 0 saturated heterocycles. The maximum Gasteiger partial charge on any atom is 0.178 e. The first-order chi connectivity index (χ1) is 20.7. The van der Waals surface area contributed by atoms with Crippen LogP contribution in [-0.4, -0.2) is 0 Å². The zero-order valence-electron chi connectivity index (χ0n) is 23.9. The Morgan fingerprint density at radius 1 is 0.429 bits per heavy atom. The van der Waals surface area contributed by atoms with Gasteiger partial charge in [-0.2, -0.15) is 0 Å². The fourth-order valence-corrected chi connectivity index (χ4v) is 5.74. The number of hydrogen-bond donors (Lipinski definition) is 0. The van der Waals surface area contributed by atoms with Gasteiger partial charge in [0.2, 0.25) is 0 Å². The van der Waals surface area contributed by atoms with Crippen LogP contribution in [0.2, 0.25) is 0 Å². The first kappa shape index (κ1) is 25.8. The van der Waals surface area contributed by atoms with Crippen molar-refractivity contribution >= 4 is 43.5 Å². The topological polar surface area (TPSA) is 26.3 Å². The number of benzene rings is 5. The molecule has 5 aromatic carbocycles. The molecule has 7 rings (SSSR count). The lowest BCUT2D eigenvalue weighted by atomic mass is 9.98. The number of rotatable bonds is 4. The summed E-state index contributed by atoms with van der Waals surface area (Å²) in [5, 5.41) is 6.79. The average molecular weight is 543 g/mol. The predicted molar refractivity (Wildman–Crippen MR) is 174 cm³/mol. The van der Waals surface area contributed by atoms with Crippen molar-refractivity contribution in [3.05, 3.63) is 131 Å². The first-order valence-electron chi connectivity index (χ1n) is 14.7. The summed E-state index contributed by atoms with van der Waals surface area (Å²) in [5.74, 6) is 14.3. The van der Waals surface area contributed by atoms with Crippen molar-refractivity contribution in [1.29, 1.82) is 0 Å². The molecule has 0 N–H and O–H groups in total. The molecule has 0 atom stereocenters. The molecule has 0 unspecified atom stereocenters. The Labute approximate surface area is 246 Å². The van der Waals surface area contributed by atoms with Crippen molar-refractivity contribution in [2.75, 3.05) is 0 Å². The summed E-state index contributed by atoms with van der Waals surface area (Å²) in [6.45, 7) is 4.39. The highest BCUT2D eigenvalue weighted by atomic mass is 16.3. The number of aryl methyl sites for hydroxylation is 2. The van der Waals surface area contributed by atoms with Crippen LogP contribution in [0.1, 0.15) is 60.5 Å². The van der Waals surface area contributed by atoms with E-state index >= 15 is 0 Å². The molecule has 0 fully saturated rings. The van der Waals surface area contributed by atoms with Crippen LogP contribution in [-0.2, 0) is 12.8 Å². The quantitative estimate of drug-likeness (QED) is 0.163. The summed E-state index contributed by atoms with van der Waals surface area (Å²) in [4.78, 5) is 0. The number of hydrogen-bond acceptors (Lipinski definition) is 2. The Balaban J connectivity index is 1.22. The van der Waals surface area contributed by atoms with E-state index in [1.54, 1.807) is 0 Å². The van der Waals surface area contributed by atoms with Gasteiger partial charge in [0.1, 0.15) is 11.2 Å². The van der Waals surface area contributed by atoms with E-state index in [-0.39, 0.29) is 0 Å². The maximum atomic E-state index is 6.12. The predicted octanol–water partition coefficient (Wildman–Crippen LogP) is 10.2. The second kappa shape index (κ2) is 11.0. The van der Waals surface area contributed by atoms with Gasteiger partial charge in [-0.25, -0.2) is 0 Å². The largest absolute Gasteiger partial charge is 0.448 e. The molecule has 202 valence electrons. The van der Waals surface area contributed by atoms with Crippen LogP contribution in [0.25, 0.3) is 43.5 Å². The Hall–Kier alpha value is -5.18. The number of furan rings is 2. The van der Waals surface area contributed by atoms with E-state index in [1.807, 2.05) is 12.1 Å². The highest BCUT2D eigenvalue weighted by Gasteiger charge is 2.12. The van der Waals surface area contributed by atoms with Crippen LogP contribution in [0, 0.1) is 23.7 Å². The summed E-state index contributed by atoms with van der Waals surface area (Å²) < 4.78 is 12.2. The van der Waals surface area contributed by atoms with Crippen LogP contribution >= 0.6 is 0 Å². The van der Waals surface area contributed by atoms with Crippen molar-refractivity contribution in [3.63, 3.8) is 0 Å². The molecular weight excluding hydrogens is 512 g/mol. The lowest BCUT2D eigenvalue weighted by molar-refractivity contribution is 0.601. The number of fused-ring (bicyclic) bond motifs is 7. The zero-order valence-corrected chi connectivity index (χ0v) is 23.9. The highest BCUT2D eigenvalue weighted by Crippen LogP contribution is 2.36. The SMILES string of the molecule is CCCc1ccc(C#Cc2cc3c(ccc4c3ccc3c5cc(C#Cc6ccc(CCC)cc6)oc5ccc34)o2)cc1. The van der Waals surface area contributed by atoms with Crippen LogP contribution < -0.4 is 0 Å². The molecule has 2 heterocycles. The van der Waals surface area contributed by atoms with Gasteiger partial charge in [-0.05, 0) is 93.8 Å². The summed E-state index contributed by atoms with van der Waals surface area (Å²) in [7, 11) is 0.